The normalized spacial score (nSPS) is 17.1. The molecule has 0 radical (unpaired) electrons. The van der Waals surface area contributed by atoms with Gasteiger partial charge < -0.3 is 4.74 Å². The Balaban J connectivity index is 1.76. The van der Waals surface area contributed by atoms with Gasteiger partial charge in [0.15, 0.2) is 0 Å². The quantitative estimate of drug-likeness (QED) is 0.859. The number of aromatic nitrogens is 2. The second-order valence-corrected chi connectivity index (χ2v) is 8.59. The Morgan fingerprint density at radius 2 is 2.00 bits per heavy atom. The average Bonchev–Trinajstić information content (AvgIpc) is 2.77. The van der Waals surface area contributed by atoms with Crippen molar-refractivity contribution in [1.29, 1.82) is 0 Å². The van der Waals surface area contributed by atoms with Crippen molar-refractivity contribution >= 4 is 20.9 Å². The molecule has 22 heavy (non-hydrogen) atoms. The van der Waals surface area contributed by atoms with Crippen LogP contribution in [0, 0.1) is 6.92 Å². The molecule has 1 aliphatic heterocycles. The lowest BCUT2D eigenvalue weighted by Gasteiger charge is -2.38. The first-order valence-corrected chi connectivity index (χ1v) is 8.88. The van der Waals surface area contributed by atoms with Gasteiger partial charge >= 0.3 is 0 Å². The van der Waals surface area contributed by atoms with E-state index in [1.165, 1.54) is 4.31 Å². The number of sulfonamides is 1. The van der Waals surface area contributed by atoms with Crippen molar-refractivity contribution in [3.05, 3.63) is 23.9 Å². The van der Waals surface area contributed by atoms with E-state index < -0.39 is 15.3 Å². The van der Waals surface area contributed by atoms with Crippen molar-refractivity contribution in [2.24, 2.45) is 7.05 Å². The number of hydrogen-bond donors (Lipinski definition) is 0. The van der Waals surface area contributed by atoms with Crippen LogP contribution in [0.5, 0.6) is 5.75 Å². The van der Waals surface area contributed by atoms with Crippen LogP contribution < -0.4 is 4.74 Å². The molecule has 0 unspecified atom stereocenters. The summed E-state index contributed by atoms with van der Waals surface area (Å²) in [7, 11) is -1.30. The number of fused-ring (bicyclic) bond motifs is 1. The topological polar surface area (TPSA) is 64.4 Å². The van der Waals surface area contributed by atoms with Gasteiger partial charge in [0.25, 0.3) is 0 Å². The van der Waals surface area contributed by atoms with Crippen molar-refractivity contribution in [2.75, 3.05) is 13.1 Å². The number of ether oxygens (including phenoxy) is 1. The van der Waals surface area contributed by atoms with Crippen molar-refractivity contribution in [2.45, 2.75) is 32.1 Å². The minimum atomic E-state index is -3.18. The van der Waals surface area contributed by atoms with Gasteiger partial charge in [0.05, 0.1) is 18.3 Å². The molecule has 2 heterocycles. The molecule has 0 bridgehead atoms. The molecule has 0 saturated carbocycles. The number of rotatable bonds is 4. The van der Waals surface area contributed by atoms with Crippen LogP contribution in [-0.2, 0) is 17.1 Å². The van der Waals surface area contributed by atoms with Crippen molar-refractivity contribution in [3.8, 4) is 5.75 Å². The van der Waals surface area contributed by atoms with E-state index in [2.05, 4.69) is 5.10 Å². The van der Waals surface area contributed by atoms with Gasteiger partial charge in [-0.25, -0.2) is 8.42 Å². The highest BCUT2D eigenvalue weighted by molar-refractivity contribution is 7.89. The molecule has 7 heteroatoms. The van der Waals surface area contributed by atoms with Gasteiger partial charge in [0, 0.05) is 18.6 Å². The van der Waals surface area contributed by atoms with Gasteiger partial charge in [-0.05, 0) is 32.4 Å². The third-order valence-electron chi connectivity index (χ3n) is 4.04. The molecule has 1 fully saturated rings. The number of benzene rings is 1. The van der Waals surface area contributed by atoms with Gasteiger partial charge in [-0.2, -0.15) is 9.40 Å². The van der Waals surface area contributed by atoms with E-state index in [0.717, 1.165) is 16.5 Å². The summed E-state index contributed by atoms with van der Waals surface area (Å²) in [5.41, 5.74) is 1.97. The van der Waals surface area contributed by atoms with Gasteiger partial charge in [-0.15, -0.1) is 0 Å². The molecule has 0 N–H and O–H groups in total. The maximum Gasteiger partial charge on any atom is 0.216 e. The zero-order chi connectivity index (χ0) is 16.1. The van der Waals surface area contributed by atoms with E-state index in [-0.39, 0.29) is 6.10 Å². The zero-order valence-corrected chi connectivity index (χ0v) is 14.1. The molecule has 1 aliphatic rings. The van der Waals surface area contributed by atoms with E-state index in [9.17, 15) is 8.42 Å². The first-order chi connectivity index (χ1) is 10.3. The smallest absolute Gasteiger partial charge is 0.216 e. The zero-order valence-electron chi connectivity index (χ0n) is 13.3. The lowest BCUT2D eigenvalue weighted by Crippen LogP contribution is -2.57. The maximum atomic E-state index is 12.0. The SMILES string of the molecule is Cc1ccc(OC2CN(S(=O)(=O)C(C)C)C2)c2nn(C)cc12. The summed E-state index contributed by atoms with van der Waals surface area (Å²) < 4.78 is 33.2. The van der Waals surface area contributed by atoms with Crippen LogP contribution in [0.3, 0.4) is 0 Å². The summed E-state index contributed by atoms with van der Waals surface area (Å²) >= 11 is 0. The Labute approximate surface area is 130 Å². The Bertz CT molecular complexity index is 805. The van der Waals surface area contributed by atoms with E-state index in [1.807, 2.05) is 32.3 Å². The second-order valence-electron chi connectivity index (χ2n) is 6.10. The van der Waals surface area contributed by atoms with E-state index in [4.69, 9.17) is 4.74 Å². The number of aryl methyl sites for hydroxylation is 2. The molecule has 1 aromatic carbocycles. The van der Waals surface area contributed by atoms with Crippen LogP contribution >= 0.6 is 0 Å². The fraction of sp³-hybridized carbons (Fsp3) is 0.533. The predicted octanol–water partition coefficient (Wildman–Crippen LogP) is 1.68. The molecule has 0 spiro atoms. The van der Waals surface area contributed by atoms with Crippen LogP contribution in [0.4, 0.5) is 0 Å². The highest BCUT2D eigenvalue weighted by Gasteiger charge is 2.38. The van der Waals surface area contributed by atoms with E-state index in [1.54, 1.807) is 18.5 Å². The summed E-state index contributed by atoms with van der Waals surface area (Å²) in [6, 6.07) is 3.91. The van der Waals surface area contributed by atoms with Crippen molar-refractivity contribution in [3.63, 3.8) is 0 Å². The summed E-state index contributed by atoms with van der Waals surface area (Å²) in [6.45, 7) is 6.24. The molecule has 1 saturated heterocycles. The first kappa shape index (κ1) is 15.3. The fourth-order valence-electron chi connectivity index (χ4n) is 2.58. The summed E-state index contributed by atoms with van der Waals surface area (Å²) in [5, 5.41) is 5.11. The molecule has 2 aromatic rings. The van der Waals surface area contributed by atoms with E-state index in [0.29, 0.717) is 18.8 Å². The minimum Gasteiger partial charge on any atom is -0.485 e. The Morgan fingerprint density at radius 3 is 2.64 bits per heavy atom. The first-order valence-electron chi connectivity index (χ1n) is 7.37. The molecule has 0 amide bonds. The van der Waals surface area contributed by atoms with Gasteiger partial charge in [0.1, 0.15) is 17.4 Å². The van der Waals surface area contributed by atoms with Crippen LogP contribution in [0.25, 0.3) is 10.9 Å². The molecular weight excluding hydrogens is 302 g/mol. The number of nitrogens with zero attached hydrogens (tertiary/aromatic N) is 3. The Kier molecular flexibility index (Phi) is 3.65. The fourth-order valence-corrected chi connectivity index (χ4v) is 3.93. The molecule has 3 rings (SSSR count). The molecular formula is C15H21N3O3S. The largest absolute Gasteiger partial charge is 0.485 e. The average molecular weight is 323 g/mol. The Morgan fingerprint density at radius 1 is 1.32 bits per heavy atom. The second kappa shape index (κ2) is 5.24. The molecule has 6 nitrogen and oxygen atoms in total. The van der Waals surface area contributed by atoms with Crippen LogP contribution in [-0.4, -0.2) is 46.9 Å². The lowest BCUT2D eigenvalue weighted by atomic mass is 10.1. The number of hydrogen-bond acceptors (Lipinski definition) is 4. The minimum absolute atomic E-state index is 0.110. The lowest BCUT2D eigenvalue weighted by molar-refractivity contribution is 0.0769. The summed E-state index contributed by atoms with van der Waals surface area (Å²) in [5.74, 6) is 0.716. The van der Waals surface area contributed by atoms with Crippen molar-refractivity contribution in [1.82, 2.24) is 14.1 Å². The van der Waals surface area contributed by atoms with Crippen LogP contribution in [0.15, 0.2) is 18.3 Å². The van der Waals surface area contributed by atoms with Crippen LogP contribution in [0.2, 0.25) is 0 Å². The highest BCUT2D eigenvalue weighted by Crippen LogP contribution is 2.30. The molecule has 120 valence electrons. The van der Waals surface area contributed by atoms with Gasteiger partial charge in [-0.1, -0.05) is 6.07 Å². The highest BCUT2D eigenvalue weighted by atomic mass is 32.2. The van der Waals surface area contributed by atoms with Crippen LogP contribution in [0.1, 0.15) is 19.4 Å². The monoisotopic (exact) mass is 323 g/mol. The van der Waals surface area contributed by atoms with Crippen molar-refractivity contribution < 1.29 is 13.2 Å². The summed E-state index contributed by atoms with van der Waals surface area (Å²) in [6.07, 6.45) is 1.86. The van der Waals surface area contributed by atoms with E-state index >= 15 is 0 Å². The standard InChI is InChI=1S/C15H21N3O3S/c1-10(2)22(19,20)18-7-12(8-18)21-14-6-5-11(3)13-9-17(4)16-15(13)14/h5-6,9-10,12H,7-8H2,1-4H3. The third kappa shape index (κ3) is 2.48. The molecule has 1 aromatic heterocycles. The third-order valence-corrected chi connectivity index (χ3v) is 6.24. The summed E-state index contributed by atoms with van der Waals surface area (Å²) in [4.78, 5) is 0. The molecule has 0 aliphatic carbocycles. The Hall–Kier alpha value is -1.60. The maximum absolute atomic E-state index is 12.0. The van der Waals surface area contributed by atoms with Gasteiger partial charge in [0.2, 0.25) is 10.0 Å². The molecule has 0 atom stereocenters. The van der Waals surface area contributed by atoms with Gasteiger partial charge in [-0.3, -0.25) is 4.68 Å². The predicted molar refractivity (Wildman–Crippen MR) is 85.5 cm³/mol.